The summed E-state index contributed by atoms with van der Waals surface area (Å²) >= 11 is 0. The van der Waals surface area contributed by atoms with Crippen LogP contribution in [0.25, 0.3) is 10.9 Å². The molecule has 0 aliphatic carbocycles. The van der Waals surface area contributed by atoms with Gasteiger partial charge < -0.3 is 19.2 Å². The number of para-hydroxylation sites is 1. The van der Waals surface area contributed by atoms with Crippen LogP contribution in [0, 0.1) is 12.7 Å². The lowest BCUT2D eigenvalue weighted by molar-refractivity contribution is 0.0686. The Morgan fingerprint density at radius 3 is 2.50 bits per heavy atom. The molecule has 5 rings (SSSR count). The third kappa shape index (κ3) is 4.33. The summed E-state index contributed by atoms with van der Waals surface area (Å²) in [6.07, 6.45) is 1.31. The molecule has 0 saturated carbocycles. The van der Waals surface area contributed by atoms with Gasteiger partial charge in [0.15, 0.2) is 5.76 Å². The molecular weight excluding hydrogens is 433 g/mol. The first-order chi connectivity index (χ1) is 16.5. The fraction of sp³-hybridized carbons (Fsp3) is 0.259. The highest BCUT2D eigenvalue weighted by Gasteiger charge is 2.28. The van der Waals surface area contributed by atoms with Gasteiger partial charge in [-0.15, -0.1) is 0 Å². The zero-order chi connectivity index (χ0) is 23.7. The SMILES string of the molecule is Cc1ccc(C(=O)NC2CCN(C(=O)c3cc4ccccc4n3Cc3ccccc3F)CC2)o1. The summed E-state index contributed by atoms with van der Waals surface area (Å²) in [5.41, 5.74) is 1.97. The van der Waals surface area contributed by atoms with Gasteiger partial charge in [0.2, 0.25) is 0 Å². The summed E-state index contributed by atoms with van der Waals surface area (Å²) in [4.78, 5) is 27.7. The molecule has 3 heterocycles. The van der Waals surface area contributed by atoms with Crippen LogP contribution in [-0.2, 0) is 6.54 Å². The van der Waals surface area contributed by atoms with Gasteiger partial charge in [0.05, 0.1) is 6.54 Å². The van der Waals surface area contributed by atoms with E-state index in [2.05, 4.69) is 5.32 Å². The van der Waals surface area contributed by atoms with Gasteiger partial charge >= 0.3 is 0 Å². The second-order valence-corrected chi connectivity index (χ2v) is 8.72. The standard InChI is InChI=1S/C27H26FN3O3/c1-18-10-11-25(34-18)26(32)29-21-12-14-30(15-13-21)27(33)24-16-19-6-3-5-9-23(19)31(24)17-20-7-2-4-8-22(20)28/h2-11,16,21H,12-15,17H2,1H3,(H,29,32). The minimum absolute atomic E-state index is 0.0220. The van der Waals surface area contributed by atoms with E-state index in [4.69, 9.17) is 4.42 Å². The number of nitrogens with zero attached hydrogens (tertiary/aromatic N) is 2. The first-order valence-corrected chi connectivity index (χ1v) is 11.5. The Bertz CT molecular complexity index is 1350. The van der Waals surface area contributed by atoms with Gasteiger partial charge in [-0.1, -0.05) is 36.4 Å². The number of carbonyl (C=O) groups excluding carboxylic acids is 2. The smallest absolute Gasteiger partial charge is 0.287 e. The Kier molecular flexibility index (Phi) is 5.92. The fourth-order valence-electron chi connectivity index (χ4n) is 4.56. The number of benzene rings is 2. The molecule has 6 nitrogen and oxygen atoms in total. The number of amides is 2. The van der Waals surface area contributed by atoms with Gasteiger partial charge in [0, 0.05) is 35.6 Å². The van der Waals surface area contributed by atoms with Crippen molar-refractivity contribution in [3.63, 3.8) is 0 Å². The summed E-state index contributed by atoms with van der Waals surface area (Å²) in [6.45, 7) is 3.13. The van der Waals surface area contributed by atoms with Gasteiger partial charge in [-0.05, 0) is 50.1 Å². The third-order valence-corrected chi connectivity index (χ3v) is 6.40. The zero-order valence-corrected chi connectivity index (χ0v) is 19.0. The van der Waals surface area contributed by atoms with Crippen molar-refractivity contribution in [1.29, 1.82) is 0 Å². The topological polar surface area (TPSA) is 67.5 Å². The molecule has 0 radical (unpaired) electrons. The van der Waals surface area contributed by atoms with Gasteiger partial charge in [-0.2, -0.15) is 0 Å². The molecule has 2 aromatic heterocycles. The average molecular weight is 460 g/mol. The van der Waals surface area contributed by atoms with E-state index in [0.717, 1.165) is 10.9 Å². The Morgan fingerprint density at radius 1 is 1.03 bits per heavy atom. The highest BCUT2D eigenvalue weighted by atomic mass is 19.1. The first-order valence-electron chi connectivity index (χ1n) is 11.5. The number of likely N-dealkylation sites (tertiary alicyclic amines) is 1. The second kappa shape index (κ2) is 9.17. The molecule has 174 valence electrons. The van der Waals surface area contributed by atoms with Crippen LogP contribution in [0.2, 0.25) is 0 Å². The molecule has 1 saturated heterocycles. The predicted molar refractivity (Wildman–Crippen MR) is 127 cm³/mol. The molecule has 2 aromatic carbocycles. The number of carbonyl (C=O) groups is 2. The molecule has 0 unspecified atom stereocenters. The number of furan rings is 1. The van der Waals surface area contributed by atoms with E-state index < -0.39 is 0 Å². The lowest BCUT2D eigenvalue weighted by Crippen LogP contribution is -2.46. The fourth-order valence-corrected chi connectivity index (χ4v) is 4.56. The molecule has 1 aliphatic heterocycles. The van der Waals surface area contributed by atoms with Crippen molar-refractivity contribution >= 4 is 22.7 Å². The van der Waals surface area contributed by atoms with Crippen LogP contribution in [0.4, 0.5) is 4.39 Å². The monoisotopic (exact) mass is 459 g/mol. The van der Waals surface area contributed by atoms with Crippen molar-refractivity contribution < 1.29 is 18.4 Å². The summed E-state index contributed by atoms with van der Waals surface area (Å²) < 4.78 is 21.7. The van der Waals surface area contributed by atoms with Crippen molar-refractivity contribution in [3.8, 4) is 0 Å². The minimum atomic E-state index is -0.290. The van der Waals surface area contributed by atoms with Crippen LogP contribution >= 0.6 is 0 Å². The van der Waals surface area contributed by atoms with E-state index in [1.165, 1.54) is 6.07 Å². The van der Waals surface area contributed by atoms with Crippen molar-refractivity contribution in [2.24, 2.45) is 0 Å². The summed E-state index contributed by atoms with van der Waals surface area (Å²) in [6, 6.07) is 19.7. The number of aryl methyl sites for hydroxylation is 1. The number of hydrogen-bond acceptors (Lipinski definition) is 3. The molecule has 34 heavy (non-hydrogen) atoms. The molecule has 0 atom stereocenters. The Balaban J connectivity index is 1.32. The van der Waals surface area contributed by atoms with Crippen molar-refractivity contribution in [3.05, 3.63) is 95.3 Å². The molecule has 0 bridgehead atoms. The van der Waals surface area contributed by atoms with Crippen LogP contribution < -0.4 is 5.32 Å². The van der Waals surface area contributed by atoms with Crippen LogP contribution in [0.5, 0.6) is 0 Å². The summed E-state index contributed by atoms with van der Waals surface area (Å²) in [5, 5.41) is 3.94. The quantitative estimate of drug-likeness (QED) is 0.468. The maximum Gasteiger partial charge on any atom is 0.287 e. The van der Waals surface area contributed by atoms with Crippen LogP contribution in [0.1, 0.15) is 45.2 Å². The third-order valence-electron chi connectivity index (χ3n) is 6.40. The largest absolute Gasteiger partial charge is 0.456 e. The Labute approximate surface area is 197 Å². The van der Waals surface area contributed by atoms with Crippen LogP contribution in [0.3, 0.4) is 0 Å². The first kappa shape index (κ1) is 21.9. The number of halogens is 1. The maximum atomic E-state index is 14.4. The second-order valence-electron chi connectivity index (χ2n) is 8.72. The number of nitrogens with one attached hydrogen (secondary N) is 1. The van der Waals surface area contributed by atoms with Crippen molar-refractivity contribution in [2.45, 2.75) is 32.4 Å². The molecule has 7 heteroatoms. The van der Waals surface area contributed by atoms with E-state index in [1.807, 2.05) is 39.8 Å². The molecule has 4 aromatic rings. The number of piperidine rings is 1. The molecule has 1 fully saturated rings. The number of rotatable bonds is 5. The summed E-state index contributed by atoms with van der Waals surface area (Å²) in [7, 11) is 0. The van der Waals surface area contributed by atoms with E-state index in [1.54, 1.807) is 37.3 Å². The number of fused-ring (bicyclic) bond motifs is 1. The van der Waals surface area contributed by atoms with Gasteiger partial charge in [-0.25, -0.2) is 4.39 Å². The zero-order valence-electron chi connectivity index (χ0n) is 19.0. The van der Waals surface area contributed by atoms with Gasteiger partial charge in [-0.3, -0.25) is 9.59 Å². The van der Waals surface area contributed by atoms with E-state index >= 15 is 0 Å². The highest BCUT2D eigenvalue weighted by Crippen LogP contribution is 2.24. The Hall–Kier alpha value is -3.87. The van der Waals surface area contributed by atoms with E-state index in [-0.39, 0.29) is 30.2 Å². The minimum Gasteiger partial charge on any atom is -0.456 e. The van der Waals surface area contributed by atoms with Crippen LogP contribution in [0.15, 0.2) is 71.1 Å². The Morgan fingerprint density at radius 2 is 1.76 bits per heavy atom. The highest BCUT2D eigenvalue weighted by molar-refractivity contribution is 5.99. The van der Waals surface area contributed by atoms with E-state index in [9.17, 15) is 14.0 Å². The molecule has 1 aliphatic rings. The average Bonchev–Trinajstić information content (AvgIpc) is 3.44. The van der Waals surface area contributed by atoms with Crippen molar-refractivity contribution in [1.82, 2.24) is 14.8 Å². The lowest BCUT2D eigenvalue weighted by Gasteiger charge is -2.32. The van der Waals surface area contributed by atoms with Gasteiger partial charge in [0.25, 0.3) is 11.8 Å². The molecule has 2 amide bonds. The number of hydrogen-bond donors (Lipinski definition) is 1. The predicted octanol–water partition coefficient (Wildman–Crippen LogP) is 4.76. The number of aromatic nitrogens is 1. The summed E-state index contributed by atoms with van der Waals surface area (Å²) in [5.74, 6) is 0.383. The molecular formula is C27H26FN3O3. The van der Waals surface area contributed by atoms with E-state index in [0.29, 0.717) is 48.7 Å². The van der Waals surface area contributed by atoms with Crippen molar-refractivity contribution in [2.75, 3.05) is 13.1 Å². The molecule has 1 N–H and O–H groups in total. The lowest BCUT2D eigenvalue weighted by atomic mass is 10.0. The molecule has 0 spiro atoms. The van der Waals surface area contributed by atoms with Gasteiger partial charge in [0.1, 0.15) is 17.3 Å². The normalized spacial score (nSPS) is 14.5. The van der Waals surface area contributed by atoms with Crippen LogP contribution in [-0.4, -0.2) is 40.4 Å². The maximum absolute atomic E-state index is 14.4.